The monoisotopic (exact) mass is 277 g/mol. The van der Waals surface area contributed by atoms with Crippen molar-refractivity contribution >= 4 is 21.8 Å². The minimum absolute atomic E-state index is 0.161. The Kier molecular flexibility index (Phi) is 2.97. The molecule has 5 nitrogen and oxygen atoms in total. The molecule has 1 aliphatic rings. The van der Waals surface area contributed by atoms with Gasteiger partial charge in [-0.1, -0.05) is 6.07 Å². The number of aromatic hydroxyl groups is 1. The van der Waals surface area contributed by atoms with Gasteiger partial charge in [0.1, 0.15) is 5.25 Å². The second-order valence-corrected chi connectivity index (χ2v) is 5.53. The number of phenols is 1. The molecule has 0 bridgehead atoms. The molecular formula is C10H9F2NO4S. The van der Waals surface area contributed by atoms with E-state index in [4.69, 9.17) is 0 Å². The lowest BCUT2D eigenvalue weighted by Crippen LogP contribution is -2.27. The Morgan fingerprint density at radius 1 is 1.39 bits per heavy atom. The van der Waals surface area contributed by atoms with E-state index in [9.17, 15) is 26.6 Å². The van der Waals surface area contributed by atoms with Crippen LogP contribution < -0.4 is 4.90 Å². The Morgan fingerprint density at radius 3 is 2.61 bits per heavy atom. The molecule has 0 saturated carbocycles. The molecule has 1 heterocycles. The van der Waals surface area contributed by atoms with E-state index < -0.39 is 45.9 Å². The maximum atomic E-state index is 13.1. The SMILES string of the molecule is O=C1CC(S(=O)(=O)F)CN1c1cccc(F)c1O. The number of carbonyl (C=O) groups is 1. The van der Waals surface area contributed by atoms with E-state index in [1.54, 1.807) is 0 Å². The smallest absolute Gasteiger partial charge is 0.307 e. The Balaban J connectivity index is 2.36. The molecule has 0 radical (unpaired) electrons. The number of amides is 1. The van der Waals surface area contributed by atoms with Crippen molar-refractivity contribution in [3.05, 3.63) is 24.0 Å². The largest absolute Gasteiger partial charge is 0.503 e. The molecule has 1 unspecified atom stereocenters. The predicted octanol–water partition coefficient (Wildman–Crippen LogP) is 0.936. The highest BCUT2D eigenvalue weighted by Gasteiger charge is 2.40. The molecule has 1 amide bonds. The maximum Gasteiger partial charge on any atom is 0.307 e. The second kappa shape index (κ2) is 4.20. The van der Waals surface area contributed by atoms with E-state index in [1.807, 2.05) is 0 Å². The van der Waals surface area contributed by atoms with Gasteiger partial charge in [0.25, 0.3) is 0 Å². The summed E-state index contributed by atoms with van der Waals surface area (Å²) in [5, 5.41) is 7.97. The Hall–Kier alpha value is -1.70. The zero-order chi connectivity index (χ0) is 13.5. The normalized spacial score (nSPS) is 20.4. The summed E-state index contributed by atoms with van der Waals surface area (Å²) in [7, 11) is -4.84. The molecular weight excluding hydrogens is 268 g/mol. The van der Waals surface area contributed by atoms with Crippen LogP contribution in [0.2, 0.25) is 0 Å². The van der Waals surface area contributed by atoms with Crippen LogP contribution in [-0.4, -0.2) is 31.2 Å². The molecule has 0 spiro atoms. The lowest BCUT2D eigenvalue weighted by molar-refractivity contribution is -0.117. The van der Waals surface area contributed by atoms with Crippen molar-refractivity contribution in [1.29, 1.82) is 0 Å². The van der Waals surface area contributed by atoms with Gasteiger partial charge in [-0.2, -0.15) is 8.42 Å². The summed E-state index contributed by atoms with van der Waals surface area (Å²) in [6.07, 6.45) is -0.519. The highest BCUT2D eigenvalue weighted by molar-refractivity contribution is 7.87. The number of hydrogen-bond acceptors (Lipinski definition) is 4. The number of halogens is 2. The molecule has 1 atom stereocenters. The summed E-state index contributed by atoms with van der Waals surface area (Å²) >= 11 is 0. The van der Waals surface area contributed by atoms with Gasteiger partial charge in [-0.25, -0.2) is 4.39 Å². The van der Waals surface area contributed by atoms with E-state index in [2.05, 4.69) is 0 Å². The molecule has 0 aliphatic carbocycles. The minimum atomic E-state index is -4.84. The van der Waals surface area contributed by atoms with Crippen LogP contribution in [0, 0.1) is 5.82 Å². The maximum absolute atomic E-state index is 13.1. The van der Waals surface area contributed by atoms with Crippen molar-refractivity contribution in [1.82, 2.24) is 0 Å². The summed E-state index contributed by atoms with van der Waals surface area (Å²) in [5.41, 5.74) is -0.161. The number of carbonyl (C=O) groups excluding carboxylic acids is 1. The average Bonchev–Trinajstić information content (AvgIpc) is 2.64. The van der Waals surface area contributed by atoms with Crippen molar-refractivity contribution in [2.45, 2.75) is 11.7 Å². The summed E-state index contributed by atoms with van der Waals surface area (Å²) in [5.74, 6) is -2.38. The topological polar surface area (TPSA) is 74.7 Å². The first-order valence-electron chi connectivity index (χ1n) is 5.02. The standard InChI is InChI=1S/C10H9F2NO4S/c11-7-2-1-3-8(10(7)15)13-5-6(4-9(13)14)18(12,16)17/h1-3,6,15H,4-5H2. The molecule has 1 N–H and O–H groups in total. The molecule has 98 valence electrons. The molecule has 8 heteroatoms. The van der Waals surface area contributed by atoms with Gasteiger partial charge in [0, 0.05) is 13.0 Å². The lowest BCUT2D eigenvalue weighted by Gasteiger charge is -2.17. The number of anilines is 1. The number of para-hydroxylation sites is 1. The van der Waals surface area contributed by atoms with E-state index in [0.717, 1.165) is 11.0 Å². The summed E-state index contributed by atoms with van der Waals surface area (Å²) in [6.45, 7) is -0.436. The number of benzene rings is 1. The molecule has 1 aromatic carbocycles. The Labute approximate surface area is 102 Å². The Morgan fingerprint density at radius 2 is 2.06 bits per heavy atom. The van der Waals surface area contributed by atoms with Crippen LogP contribution >= 0.6 is 0 Å². The van der Waals surface area contributed by atoms with Crippen LogP contribution in [-0.2, 0) is 15.0 Å². The number of hydrogen-bond donors (Lipinski definition) is 1. The third-order valence-corrected chi connectivity index (χ3v) is 3.86. The van der Waals surface area contributed by atoms with Crippen LogP contribution in [0.4, 0.5) is 14.0 Å². The van der Waals surface area contributed by atoms with E-state index in [1.165, 1.54) is 12.1 Å². The zero-order valence-electron chi connectivity index (χ0n) is 9.01. The van der Waals surface area contributed by atoms with E-state index in [-0.39, 0.29) is 5.69 Å². The fourth-order valence-electron chi connectivity index (χ4n) is 1.82. The third-order valence-electron chi connectivity index (χ3n) is 2.74. The van der Waals surface area contributed by atoms with Gasteiger partial charge in [-0.3, -0.25) is 4.79 Å². The fourth-order valence-corrected chi connectivity index (χ4v) is 2.49. The first kappa shape index (κ1) is 12.7. The molecule has 1 saturated heterocycles. The van der Waals surface area contributed by atoms with Crippen LogP contribution in [0.3, 0.4) is 0 Å². The first-order chi connectivity index (χ1) is 8.30. The average molecular weight is 277 g/mol. The highest BCUT2D eigenvalue weighted by Crippen LogP contribution is 2.34. The van der Waals surface area contributed by atoms with E-state index in [0.29, 0.717) is 0 Å². The fraction of sp³-hybridized carbons (Fsp3) is 0.300. The lowest BCUT2D eigenvalue weighted by atomic mass is 10.2. The number of nitrogens with zero attached hydrogens (tertiary/aromatic N) is 1. The van der Waals surface area contributed by atoms with Crippen LogP contribution in [0.15, 0.2) is 18.2 Å². The molecule has 18 heavy (non-hydrogen) atoms. The van der Waals surface area contributed by atoms with Crippen molar-refractivity contribution in [2.24, 2.45) is 0 Å². The number of phenolic OH excluding ortho intramolecular Hbond substituents is 1. The van der Waals surface area contributed by atoms with Crippen molar-refractivity contribution in [2.75, 3.05) is 11.4 Å². The number of rotatable bonds is 2. The molecule has 0 aromatic heterocycles. The van der Waals surface area contributed by atoms with Crippen LogP contribution in [0.5, 0.6) is 5.75 Å². The zero-order valence-corrected chi connectivity index (χ0v) is 9.82. The van der Waals surface area contributed by atoms with Gasteiger partial charge in [0.2, 0.25) is 5.91 Å². The van der Waals surface area contributed by atoms with Crippen LogP contribution in [0.25, 0.3) is 0 Å². The van der Waals surface area contributed by atoms with Gasteiger partial charge < -0.3 is 10.0 Å². The van der Waals surface area contributed by atoms with E-state index >= 15 is 0 Å². The van der Waals surface area contributed by atoms with Gasteiger partial charge in [0.15, 0.2) is 11.6 Å². The van der Waals surface area contributed by atoms with Crippen LogP contribution in [0.1, 0.15) is 6.42 Å². The Bertz CT molecular complexity index is 602. The summed E-state index contributed by atoms with van der Waals surface area (Å²) in [4.78, 5) is 12.4. The molecule has 1 aromatic rings. The van der Waals surface area contributed by atoms with Gasteiger partial charge in [-0.05, 0) is 12.1 Å². The third kappa shape index (κ3) is 2.15. The predicted molar refractivity (Wildman–Crippen MR) is 58.9 cm³/mol. The van der Waals surface area contributed by atoms with Crippen molar-refractivity contribution in [3.63, 3.8) is 0 Å². The quantitative estimate of drug-likeness (QED) is 0.816. The summed E-state index contributed by atoms with van der Waals surface area (Å²) < 4.78 is 47.4. The first-order valence-corrected chi connectivity index (χ1v) is 6.46. The van der Waals surface area contributed by atoms with Gasteiger partial charge in [0.05, 0.1) is 5.69 Å². The molecule has 1 fully saturated rings. The molecule has 2 rings (SSSR count). The second-order valence-electron chi connectivity index (χ2n) is 3.91. The minimum Gasteiger partial charge on any atom is -0.503 e. The highest BCUT2D eigenvalue weighted by atomic mass is 32.3. The van der Waals surface area contributed by atoms with Gasteiger partial charge in [-0.15, -0.1) is 3.89 Å². The van der Waals surface area contributed by atoms with Gasteiger partial charge >= 0.3 is 10.2 Å². The van der Waals surface area contributed by atoms with Crippen molar-refractivity contribution in [3.8, 4) is 5.75 Å². The molecule has 1 aliphatic heterocycles. The summed E-state index contributed by atoms with van der Waals surface area (Å²) in [6, 6.07) is 3.50. The van der Waals surface area contributed by atoms with Crippen molar-refractivity contribution < 1.29 is 26.6 Å².